The van der Waals surface area contributed by atoms with Crippen LogP contribution in [0.4, 0.5) is 5.69 Å². The van der Waals surface area contributed by atoms with E-state index in [-0.39, 0.29) is 10.8 Å². The maximum atomic E-state index is 12.7. The summed E-state index contributed by atoms with van der Waals surface area (Å²) in [6.45, 7) is 4.07. The number of amides is 1. The Morgan fingerprint density at radius 1 is 0.893 bits per heavy atom. The van der Waals surface area contributed by atoms with Gasteiger partial charge in [0, 0.05) is 17.8 Å². The third kappa shape index (κ3) is 4.78. The number of aryl methyl sites for hydroxylation is 2. The van der Waals surface area contributed by atoms with E-state index in [1.165, 1.54) is 6.07 Å². The number of hydrogen-bond acceptors (Lipinski definition) is 3. The minimum atomic E-state index is -3.74. The van der Waals surface area contributed by atoms with Gasteiger partial charge in [0.15, 0.2) is 0 Å². The van der Waals surface area contributed by atoms with Gasteiger partial charge in [-0.3, -0.25) is 9.52 Å². The Labute approximate surface area is 165 Å². The Balaban J connectivity index is 1.74. The van der Waals surface area contributed by atoms with Gasteiger partial charge in [-0.1, -0.05) is 54.1 Å². The molecule has 144 valence electrons. The molecule has 0 unspecified atom stereocenters. The van der Waals surface area contributed by atoms with Crippen LogP contribution in [0.3, 0.4) is 0 Å². The van der Waals surface area contributed by atoms with Gasteiger partial charge in [-0.25, -0.2) is 8.42 Å². The molecule has 1 amide bonds. The fraction of sp³-hybridized carbons (Fsp3) is 0.136. The number of hydrogen-bond donors (Lipinski definition) is 2. The number of anilines is 1. The van der Waals surface area contributed by atoms with Crippen LogP contribution in [0.2, 0.25) is 0 Å². The molecular weight excluding hydrogens is 372 g/mol. The molecule has 3 aromatic carbocycles. The fourth-order valence-corrected chi connectivity index (χ4v) is 4.19. The first-order valence-electron chi connectivity index (χ1n) is 8.87. The van der Waals surface area contributed by atoms with Crippen LogP contribution in [0.15, 0.2) is 77.7 Å². The van der Waals surface area contributed by atoms with Crippen LogP contribution in [0.25, 0.3) is 0 Å². The van der Waals surface area contributed by atoms with Crippen molar-refractivity contribution in [3.63, 3.8) is 0 Å². The summed E-state index contributed by atoms with van der Waals surface area (Å²) < 4.78 is 28.0. The quantitative estimate of drug-likeness (QED) is 0.663. The number of rotatable bonds is 6. The molecule has 0 spiro atoms. The molecule has 0 aliphatic rings. The van der Waals surface area contributed by atoms with Crippen LogP contribution in [0, 0.1) is 13.8 Å². The van der Waals surface area contributed by atoms with E-state index in [0.717, 1.165) is 11.1 Å². The molecule has 0 fully saturated rings. The van der Waals surface area contributed by atoms with E-state index in [9.17, 15) is 13.2 Å². The number of carbonyl (C=O) groups excluding carboxylic acids is 1. The smallest absolute Gasteiger partial charge is 0.262 e. The molecule has 3 rings (SSSR count). The highest BCUT2D eigenvalue weighted by atomic mass is 32.2. The predicted molar refractivity (Wildman–Crippen MR) is 111 cm³/mol. The van der Waals surface area contributed by atoms with E-state index in [4.69, 9.17) is 0 Å². The molecule has 0 aromatic heterocycles. The van der Waals surface area contributed by atoms with Crippen LogP contribution in [-0.4, -0.2) is 14.3 Å². The maximum absolute atomic E-state index is 12.7. The van der Waals surface area contributed by atoms with Gasteiger partial charge < -0.3 is 5.32 Å². The lowest BCUT2D eigenvalue weighted by Crippen LogP contribution is -2.23. The molecule has 6 heteroatoms. The van der Waals surface area contributed by atoms with E-state index < -0.39 is 10.0 Å². The lowest BCUT2D eigenvalue weighted by atomic mass is 10.2. The molecule has 28 heavy (non-hydrogen) atoms. The Morgan fingerprint density at radius 2 is 1.64 bits per heavy atom. The van der Waals surface area contributed by atoms with Crippen molar-refractivity contribution in [2.24, 2.45) is 0 Å². The minimum absolute atomic E-state index is 0.219. The second kappa shape index (κ2) is 8.27. The van der Waals surface area contributed by atoms with Crippen molar-refractivity contribution in [2.45, 2.75) is 25.3 Å². The van der Waals surface area contributed by atoms with Gasteiger partial charge in [0.1, 0.15) is 0 Å². The van der Waals surface area contributed by atoms with E-state index >= 15 is 0 Å². The molecule has 2 N–H and O–H groups in total. The van der Waals surface area contributed by atoms with Gasteiger partial charge in [-0.15, -0.1) is 0 Å². The van der Waals surface area contributed by atoms with Gasteiger partial charge in [-0.05, 0) is 49.2 Å². The van der Waals surface area contributed by atoms with Crippen molar-refractivity contribution in [1.82, 2.24) is 5.32 Å². The third-order valence-electron chi connectivity index (χ3n) is 4.29. The highest BCUT2D eigenvalue weighted by Gasteiger charge is 2.17. The summed E-state index contributed by atoms with van der Waals surface area (Å²) in [5.41, 5.74) is 3.38. The van der Waals surface area contributed by atoms with Crippen molar-refractivity contribution < 1.29 is 13.2 Å². The van der Waals surface area contributed by atoms with Gasteiger partial charge >= 0.3 is 0 Å². The molecule has 0 saturated heterocycles. The number of benzene rings is 3. The highest BCUT2D eigenvalue weighted by Crippen LogP contribution is 2.21. The average Bonchev–Trinajstić information content (AvgIpc) is 2.66. The summed E-state index contributed by atoms with van der Waals surface area (Å²) >= 11 is 0. The molecule has 0 aliphatic carbocycles. The van der Waals surface area contributed by atoms with Crippen LogP contribution >= 0.6 is 0 Å². The van der Waals surface area contributed by atoms with Crippen LogP contribution in [0.1, 0.15) is 27.0 Å². The van der Waals surface area contributed by atoms with Crippen LogP contribution < -0.4 is 10.0 Å². The summed E-state index contributed by atoms with van der Waals surface area (Å²) in [6.07, 6.45) is 0. The van der Waals surface area contributed by atoms with Crippen molar-refractivity contribution in [2.75, 3.05) is 4.72 Å². The lowest BCUT2D eigenvalue weighted by molar-refractivity contribution is 0.0951. The van der Waals surface area contributed by atoms with Crippen molar-refractivity contribution in [3.8, 4) is 0 Å². The third-order valence-corrected chi connectivity index (χ3v) is 5.83. The molecule has 3 aromatic rings. The topological polar surface area (TPSA) is 75.3 Å². The summed E-state index contributed by atoms with van der Waals surface area (Å²) in [6, 6.07) is 21.2. The van der Waals surface area contributed by atoms with E-state index in [1.54, 1.807) is 37.3 Å². The summed E-state index contributed by atoms with van der Waals surface area (Å²) in [5, 5.41) is 2.84. The van der Waals surface area contributed by atoms with Crippen molar-refractivity contribution in [3.05, 3.63) is 95.1 Å². The zero-order valence-electron chi connectivity index (χ0n) is 15.8. The van der Waals surface area contributed by atoms with Crippen molar-refractivity contribution >= 4 is 21.6 Å². The lowest BCUT2D eigenvalue weighted by Gasteiger charge is -2.12. The fourth-order valence-electron chi connectivity index (χ4n) is 2.92. The molecule has 0 heterocycles. The minimum Gasteiger partial charge on any atom is -0.348 e. The highest BCUT2D eigenvalue weighted by molar-refractivity contribution is 7.92. The Kier molecular flexibility index (Phi) is 5.80. The average molecular weight is 394 g/mol. The first-order chi connectivity index (χ1) is 13.3. The van der Waals surface area contributed by atoms with Crippen molar-refractivity contribution in [1.29, 1.82) is 0 Å². The molecular formula is C22H22N2O3S. The van der Waals surface area contributed by atoms with E-state index in [2.05, 4.69) is 10.0 Å². The first-order valence-corrected chi connectivity index (χ1v) is 10.4. The standard InChI is InChI=1S/C22H22N2O3S/c1-16-11-12-21(17(2)13-16)28(26,27)24-20-10-6-9-19(14-20)22(25)23-15-18-7-4-3-5-8-18/h3-14,24H,15H2,1-2H3,(H,23,25). The molecule has 0 atom stereocenters. The zero-order valence-corrected chi connectivity index (χ0v) is 16.6. The molecule has 0 saturated carbocycles. The molecule has 0 radical (unpaired) electrons. The second-order valence-electron chi connectivity index (χ2n) is 6.62. The second-order valence-corrected chi connectivity index (χ2v) is 8.27. The largest absolute Gasteiger partial charge is 0.348 e. The molecule has 0 bridgehead atoms. The molecule has 5 nitrogen and oxygen atoms in total. The van der Waals surface area contributed by atoms with Gasteiger partial charge in [-0.2, -0.15) is 0 Å². The first kappa shape index (κ1) is 19.6. The predicted octanol–water partition coefficient (Wildman–Crippen LogP) is 4.03. The van der Waals surface area contributed by atoms with Gasteiger partial charge in [0.25, 0.3) is 15.9 Å². The van der Waals surface area contributed by atoms with Gasteiger partial charge in [0.05, 0.1) is 4.90 Å². The number of nitrogens with one attached hydrogen (secondary N) is 2. The summed E-state index contributed by atoms with van der Waals surface area (Å²) in [5.74, 6) is -0.267. The summed E-state index contributed by atoms with van der Waals surface area (Å²) in [7, 11) is -3.74. The Hall–Kier alpha value is -3.12. The Bertz CT molecular complexity index is 1090. The van der Waals surface area contributed by atoms with E-state index in [1.807, 2.05) is 43.3 Å². The zero-order chi connectivity index (χ0) is 20.1. The Morgan fingerprint density at radius 3 is 2.36 bits per heavy atom. The van der Waals surface area contributed by atoms with Gasteiger partial charge in [0.2, 0.25) is 0 Å². The van der Waals surface area contributed by atoms with E-state index in [0.29, 0.717) is 23.4 Å². The number of carbonyl (C=O) groups is 1. The van der Waals surface area contributed by atoms with Crippen LogP contribution in [-0.2, 0) is 16.6 Å². The molecule has 0 aliphatic heterocycles. The maximum Gasteiger partial charge on any atom is 0.262 e. The number of sulfonamides is 1. The monoisotopic (exact) mass is 394 g/mol. The normalized spacial score (nSPS) is 11.1. The SMILES string of the molecule is Cc1ccc(S(=O)(=O)Nc2cccc(C(=O)NCc3ccccc3)c2)c(C)c1. The van der Waals surface area contributed by atoms with Crippen LogP contribution in [0.5, 0.6) is 0 Å². The summed E-state index contributed by atoms with van der Waals surface area (Å²) in [4.78, 5) is 12.6.